The largest absolute Gasteiger partial charge is 0.497 e. The number of methoxy groups -OCH3 is 1. The highest BCUT2D eigenvalue weighted by Gasteiger charge is 2.05. The van der Waals surface area contributed by atoms with Crippen LogP contribution in [0.3, 0.4) is 0 Å². The highest BCUT2D eigenvalue weighted by Crippen LogP contribution is 2.11. The average molecular weight is 341 g/mol. The fraction of sp³-hybridized carbons (Fsp3) is 0.400. The highest BCUT2D eigenvalue weighted by molar-refractivity contribution is 5.76. The van der Waals surface area contributed by atoms with Crippen molar-refractivity contribution in [1.29, 1.82) is 0 Å². The predicted molar refractivity (Wildman–Crippen MR) is 99.8 cm³/mol. The maximum Gasteiger partial charge on any atom is 0.221 e. The minimum Gasteiger partial charge on any atom is -0.497 e. The van der Waals surface area contributed by atoms with E-state index in [9.17, 15) is 4.79 Å². The third-order valence-electron chi connectivity index (χ3n) is 4.15. The third kappa shape index (κ3) is 7.35. The van der Waals surface area contributed by atoms with Gasteiger partial charge < -0.3 is 15.0 Å². The van der Waals surface area contributed by atoms with E-state index in [1.807, 2.05) is 55.8 Å². The molecule has 1 N–H and O–H groups in total. The van der Waals surface area contributed by atoms with Crippen molar-refractivity contribution < 1.29 is 9.53 Å². The monoisotopic (exact) mass is 341 g/mol. The number of nitrogens with zero attached hydrogens (tertiary/aromatic N) is 2. The van der Waals surface area contributed by atoms with Crippen molar-refractivity contribution in [1.82, 2.24) is 15.2 Å². The number of amides is 1. The van der Waals surface area contributed by atoms with Crippen LogP contribution < -0.4 is 10.1 Å². The molecule has 0 atom stereocenters. The summed E-state index contributed by atoms with van der Waals surface area (Å²) in [6, 6.07) is 12.0. The van der Waals surface area contributed by atoms with E-state index in [1.165, 1.54) is 11.1 Å². The molecular weight excluding hydrogens is 314 g/mol. The summed E-state index contributed by atoms with van der Waals surface area (Å²) in [5, 5.41) is 2.98. The molecule has 0 aliphatic heterocycles. The average Bonchev–Trinajstić information content (AvgIpc) is 2.66. The second kappa shape index (κ2) is 10.5. The van der Waals surface area contributed by atoms with Gasteiger partial charge >= 0.3 is 0 Å². The van der Waals surface area contributed by atoms with E-state index in [0.717, 1.165) is 31.7 Å². The van der Waals surface area contributed by atoms with Gasteiger partial charge in [-0.25, -0.2) is 0 Å². The Morgan fingerprint density at radius 1 is 1.04 bits per heavy atom. The first kappa shape index (κ1) is 18.9. The first-order chi connectivity index (χ1) is 12.2. The van der Waals surface area contributed by atoms with E-state index in [4.69, 9.17) is 4.74 Å². The molecule has 0 saturated heterocycles. The van der Waals surface area contributed by atoms with E-state index in [1.54, 1.807) is 7.11 Å². The fourth-order valence-electron chi connectivity index (χ4n) is 2.50. The van der Waals surface area contributed by atoms with Gasteiger partial charge in [-0.1, -0.05) is 12.1 Å². The maximum absolute atomic E-state index is 11.9. The zero-order chi connectivity index (χ0) is 17.9. The molecule has 0 aliphatic carbocycles. The van der Waals surface area contributed by atoms with E-state index < -0.39 is 0 Å². The number of rotatable bonds is 10. The van der Waals surface area contributed by atoms with E-state index >= 15 is 0 Å². The molecule has 0 unspecified atom stereocenters. The summed E-state index contributed by atoms with van der Waals surface area (Å²) in [7, 11) is 3.70. The lowest BCUT2D eigenvalue weighted by atomic mass is 10.1. The molecule has 1 amide bonds. The van der Waals surface area contributed by atoms with Crippen LogP contribution in [-0.2, 0) is 17.6 Å². The summed E-state index contributed by atoms with van der Waals surface area (Å²) in [6.45, 7) is 2.36. The van der Waals surface area contributed by atoms with Crippen LogP contribution in [0.1, 0.15) is 17.5 Å². The lowest BCUT2D eigenvalue weighted by molar-refractivity contribution is -0.121. The van der Waals surface area contributed by atoms with Crippen LogP contribution in [0.25, 0.3) is 0 Å². The van der Waals surface area contributed by atoms with Gasteiger partial charge in [0.2, 0.25) is 5.91 Å². The van der Waals surface area contributed by atoms with Gasteiger partial charge in [-0.05, 0) is 55.3 Å². The van der Waals surface area contributed by atoms with Gasteiger partial charge in [-0.3, -0.25) is 9.78 Å². The van der Waals surface area contributed by atoms with Crippen LogP contribution in [0.4, 0.5) is 0 Å². The molecule has 2 rings (SSSR count). The first-order valence-electron chi connectivity index (χ1n) is 8.64. The first-order valence-corrected chi connectivity index (χ1v) is 8.64. The number of carbonyl (C=O) groups excluding carboxylic acids is 1. The normalized spacial score (nSPS) is 10.7. The number of pyridine rings is 1. The van der Waals surface area contributed by atoms with Crippen molar-refractivity contribution in [2.75, 3.05) is 33.8 Å². The van der Waals surface area contributed by atoms with Crippen LogP contribution in [0.2, 0.25) is 0 Å². The molecule has 0 bridgehead atoms. The van der Waals surface area contributed by atoms with Crippen LogP contribution in [0.15, 0.2) is 48.8 Å². The van der Waals surface area contributed by atoms with Crippen molar-refractivity contribution in [2.45, 2.75) is 19.3 Å². The van der Waals surface area contributed by atoms with Crippen LogP contribution >= 0.6 is 0 Å². The molecule has 2 aromatic rings. The standard InChI is InChI=1S/C20H27N3O2/c1-23(15-10-18-7-12-21-13-8-18)16-11-20(24)22-14-9-17-3-5-19(25-2)6-4-17/h3-8,12-13H,9-11,14-16H2,1-2H3,(H,22,24). The fourth-order valence-corrected chi connectivity index (χ4v) is 2.50. The van der Waals surface area contributed by atoms with Gasteiger partial charge in [-0.15, -0.1) is 0 Å². The minimum atomic E-state index is 0.101. The maximum atomic E-state index is 11.9. The molecule has 5 heteroatoms. The molecule has 5 nitrogen and oxygen atoms in total. The molecular formula is C20H27N3O2. The number of likely N-dealkylation sites (N-methyl/N-ethyl adjacent to an activating group) is 1. The predicted octanol–water partition coefficient (Wildman–Crippen LogP) is 2.31. The minimum absolute atomic E-state index is 0.101. The zero-order valence-electron chi connectivity index (χ0n) is 15.1. The molecule has 0 aliphatic rings. The third-order valence-corrected chi connectivity index (χ3v) is 4.15. The summed E-state index contributed by atoms with van der Waals surface area (Å²) < 4.78 is 5.14. The van der Waals surface area contributed by atoms with Crippen molar-refractivity contribution in [3.05, 3.63) is 59.9 Å². The molecule has 1 aromatic carbocycles. The Kier molecular flexibility index (Phi) is 7.92. The number of hydrogen-bond donors (Lipinski definition) is 1. The van der Waals surface area contributed by atoms with Gasteiger partial charge in [0.15, 0.2) is 0 Å². The van der Waals surface area contributed by atoms with Crippen molar-refractivity contribution in [3.8, 4) is 5.75 Å². The van der Waals surface area contributed by atoms with E-state index in [-0.39, 0.29) is 5.91 Å². The molecule has 1 aromatic heterocycles. The molecule has 1 heterocycles. The van der Waals surface area contributed by atoms with E-state index in [0.29, 0.717) is 13.0 Å². The number of aromatic nitrogens is 1. The second-order valence-electron chi connectivity index (χ2n) is 6.11. The summed E-state index contributed by atoms with van der Waals surface area (Å²) >= 11 is 0. The molecule has 134 valence electrons. The number of carbonyl (C=O) groups is 1. The number of nitrogens with one attached hydrogen (secondary N) is 1. The zero-order valence-corrected chi connectivity index (χ0v) is 15.1. The topological polar surface area (TPSA) is 54.5 Å². The molecule has 0 fully saturated rings. The lowest BCUT2D eigenvalue weighted by Crippen LogP contribution is -2.31. The lowest BCUT2D eigenvalue weighted by Gasteiger charge is -2.16. The van der Waals surface area contributed by atoms with Gasteiger partial charge in [-0.2, -0.15) is 0 Å². The molecule has 0 saturated carbocycles. The Morgan fingerprint density at radius 2 is 1.72 bits per heavy atom. The Labute approximate surface area is 150 Å². The number of benzene rings is 1. The summed E-state index contributed by atoms with van der Waals surface area (Å²) in [6.07, 6.45) is 5.94. The smallest absolute Gasteiger partial charge is 0.221 e. The SMILES string of the molecule is COc1ccc(CCNC(=O)CCN(C)CCc2ccncc2)cc1. The van der Waals surface area contributed by atoms with Gasteiger partial charge in [0, 0.05) is 38.4 Å². The highest BCUT2D eigenvalue weighted by atomic mass is 16.5. The Balaban J connectivity index is 1.58. The summed E-state index contributed by atoms with van der Waals surface area (Å²) in [5.74, 6) is 0.951. The van der Waals surface area contributed by atoms with E-state index in [2.05, 4.69) is 15.2 Å². The van der Waals surface area contributed by atoms with Crippen LogP contribution in [0.5, 0.6) is 5.75 Å². The van der Waals surface area contributed by atoms with Crippen molar-refractivity contribution >= 4 is 5.91 Å². The summed E-state index contributed by atoms with van der Waals surface area (Å²) in [4.78, 5) is 18.1. The van der Waals surface area contributed by atoms with Crippen molar-refractivity contribution in [3.63, 3.8) is 0 Å². The molecule has 0 radical (unpaired) electrons. The van der Waals surface area contributed by atoms with Crippen LogP contribution in [-0.4, -0.2) is 49.6 Å². The van der Waals surface area contributed by atoms with Crippen LogP contribution in [0, 0.1) is 0 Å². The molecule has 0 spiro atoms. The number of hydrogen-bond acceptors (Lipinski definition) is 4. The van der Waals surface area contributed by atoms with Gasteiger partial charge in [0.1, 0.15) is 5.75 Å². The second-order valence-corrected chi connectivity index (χ2v) is 6.11. The summed E-state index contributed by atoms with van der Waals surface area (Å²) in [5.41, 5.74) is 2.46. The van der Waals surface area contributed by atoms with Gasteiger partial charge in [0.05, 0.1) is 7.11 Å². The van der Waals surface area contributed by atoms with Crippen molar-refractivity contribution in [2.24, 2.45) is 0 Å². The quantitative estimate of drug-likeness (QED) is 0.720. The van der Waals surface area contributed by atoms with Gasteiger partial charge in [0.25, 0.3) is 0 Å². The number of ether oxygens (including phenoxy) is 1. The Morgan fingerprint density at radius 3 is 2.40 bits per heavy atom. The Bertz CT molecular complexity index is 629. The molecule has 25 heavy (non-hydrogen) atoms. The Hall–Kier alpha value is -2.40.